The molecule has 0 radical (unpaired) electrons. The van der Waals surface area contributed by atoms with Gasteiger partial charge in [0, 0.05) is 13.1 Å². The highest BCUT2D eigenvalue weighted by atomic mass is 16.5. The van der Waals surface area contributed by atoms with Gasteiger partial charge in [0.05, 0.1) is 24.7 Å². The van der Waals surface area contributed by atoms with Crippen LogP contribution in [0, 0.1) is 6.92 Å². The second-order valence-corrected chi connectivity index (χ2v) is 5.23. The molecule has 0 atom stereocenters. The van der Waals surface area contributed by atoms with E-state index in [0.717, 1.165) is 24.3 Å². The first kappa shape index (κ1) is 16.8. The van der Waals surface area contributed by atoms with Crippen molar-refractivity contribution in [2.75, 3.05) is 30.4 Å². The van der Waals surface area contributed by atoms with Crippen molar-refractivity contribution in [2.24, 2.45) is 0 Å². The van der Waals surface area contributed by atoms with E-state index in [1.165, 1.54) is 0 Å². The van der Waals surface area contributed by atoms with Crippen molar-refractivity contribution < 1.29 is 9.53 Å². The van der Waals surface area contributed by atoms with E-state index in [4.69, 9.17) is 4.74 Å². The Bertz CT molecular complexity index is 664. The van der Waals surface area contributed by atoms with Crippen LogP contribution in [0.15, 0.2) is 36.5 Å². The number of aromatic nitrogens is 1. The average molecular weight is 313 g/mol. The maximum absolute atomic E-state index is 12.4. The van der Waals surface area contributed by atoms with Crippen molar-refractivity contribution in [1.82, 2.24) is 4.98 Å². The number of carbonyl (C=O) groups excluding carboxylic acids is 1. The first-order chi connectivity index (χ1) is 11.1. The largest absolute Gasteiger partial charge is 0.495 e. The Morgan fingerprint density at radius 3 is 2.52 bits per heavy atom. The van der Waals surface area contributed by atoms with Gasteiger partial charge in [-0.25, -0.2) is 4.98 Å². The fourth-order valence-electron chi connectivity index (χ4n) is 2.40. The van der Waals surface area contributed by atoms with Crippen LogP contribution in [0.2, 0.25) is 0 Å². The monoisotopic (exact) mass is 313 g/mol. The molecule has 0 aliphatic carbocycles. The number of pyridine rings is 1. The van der Waals surface area contributed by atoms with Gasteiger partial charge in [0.15, 0.2) is 0 Å². The van der Waals surface area contributed by atoms with Crippen LogP contribution in [0.25, 0.3) is 0 Å². The third-order valence-corrected chi connectivity index (χ3v) is 3.71. The van der Waals surface area contributed by atoms with Crippen molar-refractivity contribution >= 4 is 17.3 Å². The fraction of sp³-hybridized carbons (Fsp3) is 0.333. The van der Waals surface area contributed by atoms with Gasteiger partial charge in [0.25, 0.3) is 5.91 Å². The van der Waals surface area contributed by atoms with Crippen LogP contribution < -0.4 is 15.0 Å². The van der Waals surface area contributed by atoms with Crippen molar-refractivity contribution in [2.45, 2.75) is 20.8 Å². The predicted octanol–water partition coefficient (Wildman–Crippen LogP) is 3.50. The summed E-state index contributed by atoms with van der Waals surface area (Å²) in [7, 11) is 1.58. The summed E-state index contributed by atoms with van der Waals surface area (Å²) in [5, 5.41) is 2.86. The van der Waals surface area contributed by atoms with Gasteiger partial charge >= 0.3 is 0 Å². The quantitative estimate of drug-likeness (QED) is 0.887. The molecule has 0 aliphatic heterocycles. The van der Waals surface area contributed by atoms with Gasteiger partial charge in [0.2, 0.25) is 0 Å². The molecule has 1 N–H and O–H groups in total. The van der Waals surface area contributed by atoms with Gasteiger partial charge in [-0.2, -0.15) is 0 Å². The minimum Gasteiger partial charge on any atom is -0.495 e. The summed E-state index contributed by atoms with van der Waals surface area (Å²) in [5.41, 5.74) is 3.09. The van der Waals surface area contributed by atoms with Crippen LogP contribution in [0.4, 0.5) is 11.4 Å². The molecule has 0 saturated carbocycles. The molecule has 2 rings (SSSR count). The first-order valence-corrected chi connectivity index (χ1v) is 7.76. The molecule has 0 fully saturated rings. The number of amides is 1. The summed E-state index contributed by atoms with van der Waals surface area (Å²) in [6, 6.07) is 9.31. The smallest absolute Gasteiger partial charge is 0.274 e. The number of rotatable bonds is 6. The number of aryl methyl sites for hydroxylation is 1. The van der Waals surface area contributed by atoms with Gasteiger partial charge in [-0.05, 0) is 50.6 Å². The molecule has 23 heavy (non-hydrogen) atoms. The normalized spacial score (nSPS) is 10.3. The lowest BCUT2D eigenvalue weighted by Gasteiger charge is -2.20. The number of benzene rings is 1. The molecule has 122 valence electrons. The summed E-state index contributed by atoms with van der Waals surface area (Å²) >= 11 is 0. The van der Waals surface area contributed by atoms with E-state index in [2.05, 4.69) is 29.0 Å². The molecule has 1 aromatic carbocycles. The van der Waals surface area contributed by atoms with Crippen LogP contribution in [0.3, 0.4) is 0 Å². The minimum absolute atomic E-state index is 0.250. The first-order valence-electron chi connectivity index (χ1n) is 7.76. The third kappa shape index (κ3) is 4.00. The van der Waals surface area contributed by atoms with E-state index in [1.54, 1.807) is 19.4 Å². The summed E-state index contributed by atoms with van der Waals surface area (Å²) in [5.74, 6) is 0.378. The summed E-state index contributed by atoms with van der Waals surface area (Å²) in [4.78, 5) is 18.8. The zero-order valence-corrected chi connectivity index (χ0v) is 14.1. The molecule has 1 aromatic heterocycles. The Morgan fingerprint density at radius 1 is 1.22 bits per heavy atom. The van der Waals surface area contributed by atoms with Gasteiger partial charge in [-0.1, -0.05) is 6.07 Å². The maximum Gasteiger partial charge on any atom is 0.274 e. The van der Waals surface area contributed by atoms with E-state index in [9.17, 15) is 4.79 Å². The Labute approximate surface area is 137 Å². The molecule has 1 amide bonds. The second-order valence-electron chi connectivity index (χ2n) is 5.23. The van der Waals surface area contributed by atoms with Crippen LogP contribution >= 0.6 is 0 Å². The number of nitrogens with one attached hydrogen (secondary N) is 1. The molecule has 2 aromatic rings. The number of nitrogens with zero attached hydrogens (tertiary/aromatic N) is 2. The molecule has 0 spiro atoms. The van der Waals surface area contributed by atoms with Gasteiger partial charge < -0.3 is 15.0 Å². The van der Waals surface area contributed by atoms with E-state index in [-0.39, 0.29) is 5.91 Å². The molecule has 1 heterocycles. The minimum atomic E-state index is -0.250. The standard InChI is InChI=1S/C18H23N3O2/c1-5-21(6-2)14-8-9-15(19-12-14)18(22)20-16-11-13(3)7-10-17(16)23-4/h7-12H,5-6H2,1-4H3,(H,20,22). The molecule has 0 unspecified atom stereocenters. The van der Waals surface area contributed by atoms with Crippen molar-refractivity contribution in [1.29, 1.82) is 0 Å². The third-order valence-electron chi connectivity index (χ3n) is 3.71. The highest BCUT2D eigenvalue weighted by Gasteiger charge is 2.12. The van der Waals surface area contributed by atoms with E-state index in [1.807, 2.05) is 31.2 Å². The number of hydrogen-bond donors (Lipinski definition) is 1. The summed E-state index contributed by atoms with van der Waals surface area (Å²) in [6.07, 6.45) is 1.73. The number of carbonyl (C=O) groups is 1. The molecule has 0 saturated heterocycles. The molecular formula is C18H23N3O2. The number of methoxy groups -OCH3 is 1. The lowest BCUT2D eigenvalue weighted by molar-refractivity contribution is 0.102. The molecule has 5 heteroatoms. The lowest BCUT2D eigenvalue weighted by atomic mass is 10.2. The molecule has 5 nitrogen and oxygen atoms in total. The summed E-state index contributed by atoms with van der Waals surface area (Å²) < 4.78 is 5.27. The Kier molecular flexibility index (Phi) is 5.57. The maximum atomic E-state index is 12.4. The Hall–Kier alpha value is -2.56. The van der Waals surface area contributed by atoms with Gasteiger partial charge in [0.1, 0.15) is 11.4 Å². The van der Waals surface area contributed by atoms with Gasteiger partial charge in [-0.3, -0.25) is 4.79 Å². The fourth-order valence-corrected chi connectivity index (χ4v) is 2.40. The van der Waals surface area contributed by atoms with Crippen molar-refractivity contribution in [3.05, 3.63) is 47.8 Å². The van der Waals surface area contributed by atoms with Crippen molar-refractivity contribution in [3.8, 4) is 5.75 Å². The predicted molar refractivity (Wildman–Crippen MR) is 93.5 cm³/mol. The molecule has 0 aliphatic rings. The highest BCUT2D eigenvalue weighted by molar-refractivity contribution is 6.03. The van der Waals surface area contributed by atoms with Crippen LogP contribution in [0.1, 0.15) is 29.9 Å². The van der Waals surface area contributed by atoms with Crippen LogP contribution in [-0.2, 0) is 0 Å². The summed E-state index contributed by atoms with van der Waals surface area (Å²) in [6.45, 7) is 7.96. The van der Waals surface area contributed by atoms with E-state index in [0.29, 0.717) is 17.1 Å². The second kappa shape index (κ2) is 7.63. The highest BCUT2D eigenvalue weighted by Crippen LogP contribution is 2.25. The Morgan fingerprint density at radius 2 is 1.96 bits per heavy atom. The van der Waals surface area contributed by atoms with Crippen molar-refractivity contribution in [3.63, 3.8) is 0 Å². The average Bonchev–Trinajstić information content (AvgIpc) is 2.57. The van der Waals surface area contributed by atoms with Gasteiger partial charge in [-0.15, -0.1) is 0 Å². The number of hydrogen-bond acceptors (Lipinski definition) is 4. The van der Waals surface area contributed by atoms with E-state index >= 15 is 0 Å². The zero-order valence-electron chi connectivity index (χ0n) is 14.1. The SMILES string of the molecule is CCN(CC)c1ccc(C(=O)Nc2cc(C)ccc2OC)nc1. The van der Waals surface area contributed by atoms with Crippen LogP contribution in [-0.4, -0.2) is 31.1 Å². The van der Waals surface area contributed by atoms with E-state index < -0.39 is 0 Å². The molecule has 0 bridgehead atoms. The molecular weight excluding hydrogens is 290 g/mol. The Balaban J connectivity index is 2.17. The lowest BCUT2D eigenvalue weighted by Crippen LogP contribution is -2.22. The number of anilines is 2. The number of ether oxygens (including phenoxy) is 1. The van der Waals surface area contributed by atoms with Crippen LogP contribution in [0.5, 0.6) is 5.75 Å². The topological polar surface area (TPSA) is 54.5 Å². The zero-order chi connectivity index (χ0) is 16.8.